The van der Waals surface area contributed by atoms with Crippen LogP contribution in [0.25, 0.3) is 0 Å². The van der Waals surface area contributed by atoms with Crippen LogP contribution in [0, 0.1) is 0 Å². The highest BCUT2D eigenvalue weighted by atomic mass is 35.5. The molecule has 42 heavy (non-hydrogen) atoms. The van der Waals surface area contributed by atoms with Crippen molar-refractivity contribution in [2.24, 2.45) is 0 Å². The number of fused-ring (bicyclic) bond motifs is 1. The van der Waals surface area contributed by atoms with Crippen LogP contribution in [-0.2, 0) is 22.7 Å². The van der Waals surface area contributed by atoms with E-state index in [0.29, 0.717) is 45.5 Å². The fourth-order valence-corrected chi connectivity index (χ4v) is 5.49. The lowest BCUT2D eigenvalue weighted by atomic mass is 9.95. The zero-order chi connectivity index (χ0) is 29.5. The van der Waals surface area contributed by atoms with Gasteiger partial charge in [-0.3, -0.25) is 0 Å². The molecule has 1 aromatic heterocycles. The lowest BCUT2D eigenvalue weighted by molar-refractivity contribution is -0.140. The van der Waals surface area contributed by atoms with Crippen LogP contribution >= 0.6 is 23.4 Å². The van der Waals surface area contributed by atoms with Crippen molar-refractivity contribution < 1.29 is 19.0 Å². The Morgan fingerprint density at radius 3 is 2.55 bits per heavy atom. The number of nitrogens with one attached hydrogen (secondary N) is 1. The summed E-state index contributed by atoms with van der Waals surface area (Å²) in [7, 11) is 0. The number of carbonyl (C=O) groups excluding carboxylic acids is 1. The third-order valence-corrected chi connectivity index (χ3v) is 8.04. The standard InChI is InChI=1S/C32H33ClN4O4S/c1-4-17-42-32-35-31-34-21(3)28(30(38)41-19-22-11-7-6-8-12-22)29(37(31)36-32)23-15-16-26(27(18-23)39-5-2)40-20-24-13-9-10-14-25(24)33/h6-16,18,29H,4-5,17,19-20H2,1-3H3,(H,34,35,36). The van der Waals surface area contributed by atoms with Gasteiger partial charge in [-0.1, -0.05) is 84.9 Å². The molecule has 4 aromatic rings. The number of anilines is 1. The van der Waals surface area contributed by atoms with Crippen molar-refractivity contribution in [3.63, 3.8) is 0 Å². The van der Waals surface area contributed by atoms with Gasteiger partial charge in [-0.05, 0) is 49.6 Å². The van der Waals surface area contributed by atoms with E-state index in [2.05, 4.69) is 12.2 Å². The van der Waals surface area contributed by atoms with Crippen LogP contribution in [-0.4, -0.2) is 33.1 Å². The molecular formula is C32H33ClN4O4S. The molecule has 0 bridgehead atoms. The lowest BCUT2D eigenvalue weighted by Crippen LogP contribution is -2.29. The van der Waals surface area contributed by atoms with Crippen molar-refractivity contribution in [3.05, 3.63) is 106 Å². The van der Waals surface area contributed by atoms with Gasteiger partial charge in [0.05, 0.1) is 12.2 Å². The van der Waals surface area contributed by atoms with Crippen LogP contribution < -0.4 is 14.8 Å². The summed E-state index contributed by atoms with van der Waals surface area (Å²) in [5.41, 5.74) is 3.66. The highest BCUT2D eigenvalue weighted by Crippen LogP contribution is 2.40. The number of allylic oxidation sites excluding steroid dienone is 1. The highest BCUT2D eigenvalue weighted by molar-refractivity contribution is 7.99. The number of hydrogen-bond acceptors (Lipinski definition) is 8. The average molecular weight is 605 g/mol. The Balaban J connectivity index is 1.50. The van der Waals surface area contributed by atoms with Gasteiger partial charge in [0.2, 0.25) is 11.1 Å². The zero-order valence-electron chi connectivity index (χ0n) is 23.8. The maximum Gasteiger partial charge on any atom is 0.338 e. The minimum absolute atomic E-state index is 0.157. The van der Waals surface area contributed by atoms with Gasteiger partial charge in [-0.25, -0.2) is 9.48 Å². The zero-order valence-corrected chi connectivity index (χ0v) is 25.4. The van der Waals surface area contributed by atoms with Crippen molar-refractivity contribution in [2.75, 3.05) is 17.7 Å². The summed E-state index contributed by atoms with van der Waals surface area (Å²) in [6.45, 7) is 6.76. The molecule has 10 heteroatoms. The van der Waals surface area contributed by atoms with Crippen LogP contribution in [0.4, 0.5) is 5.95 Å². The smallest absolute Gasteiger partial charge is 0.338 e. The van der Waals surface area contributed by atoms with Crippen LogP contribution in [0.5, 0.6) is 11.5 Å². The number of halogens is 1. The Bertz CT molecular complexity index is 1570. The Morgan fingerprint density at radius 2 is 1.79 bits per heavy atom. The van der Waals surface area contributed by atoms with Crippen molar-refractivity contribution in [1.82, 2.24) is 14.8 Å². The van der Waals surface area contributed by atoms with Crippen molar-refractivity contribution in [3.8, 4) is 11.5 Å². The number of esters is 1. The average Bonchev–Trinajstić information content (AvgIpc) is 3.41. The monoisotopic (exact) mass is 604 g/mol. The van der Waals surface area contributed by atoms with Gasteiger partial charge in [0.25, 0.3) is 0 Å². The molecule has 0 radical (unpaired) electrons. The number of rotatable bonds is 12. The molecule has 8 nitrogen and oxygen atoms in total. The molecule has 1 atom stereocenters. The summed E-state index contributed by atoms with van der Waals surface area (Å²) in [5, 5.41) is 9.33. The molecule has 1 unspecified atom stereocenters. The van der Waals surface area contributed by atoms with E-state index in [1.165, 1.54) is 0 Å². The van der Waals surface area contributed by atoms with Gasteiger partial charge in [-0.15, -0.1) is 5.10 Å². The van der Waals surface area contributed by atoms with Crippen LogP contribution in [0.3, 0.4) is 0 Å². The molecule has 0 fully saturated rings. The van der Waals surface area contributed by atoms with E-state index in [-0.39, 0.29) is 13.2 Å². The van der Waals surface area contributed by atoms with Crippen molar-refractivity contribution in [2.45, 2.75) is 51.6 Å². The molecule has 5 rings (SSSR count). The number of nitrogens with zero attached hydrogens (tertiary/aromatic N) is 3. The van der Waals surface area contributed by atoms with Crippen molar-refractivity contribution in [1.29, 1.82) is 0 Å². The van der Waals surface area contributed by atoms with Crippen LogP contribution in [0.2, 0.25) is 5.02 Å². The Labute approximate surface area is 255 Å². The minimum atomic E-state index is -0.593. The molecule has 218 valence electrons. The number of benzene rings is 3. The lowest BCUT2D eigenvalue weighted by Gasteiger charge is -2.28. The fraction of sp³-hybridized carbons (Fsp3) is 0.281. The topological polar surface area (TPSA) is 87.5 Å². The largest absolute Gasteiger partial charge is 0.490 e. The summed E-state index contributed by atoms with van der Waals surface area (Å²) in [5.74, 6) is 2.14. The molecule has 1 N–H and O–H groups in total. The summed E-state index contributed by atoms with van der Waals surface area (Å²) in [6, 6.07) is 22.2. The first-order chi connectivity index (χ1) is 20.5. The summed E-state index contributed by atoms with van der Waals surface area (Å²) in [4.78, 5) is 18.4. The number of thioether (sulfide) groups is 1. The number of carbonyl (C=O) groups is 1. The van der Waals surface area contributed by atoms with Gasteiger partial charge in [0.1, 0.15) is 19.3 Å². The summed E-state index contributed by atoms with van der Waals surface area (Å²) in [6.07, 6.45) is 0.993. The maximum absolute atomic E-state index is 13.7. The quantitative estimate of drug-likeness (QED) is 0.132. The van der Waals surface area contributed by atoms with Gasteiger partial charge < -0.3 is 19.5 Å². The second kappa shape index (κ2) is 13.8. The first-order valence-electron chi connectivity index (χ1n) is 13.9. The Kier molecular flexibility index (Phi) is 9.71. The predicted octanol–water partition coefficient (Wildman–Crippen LogP) is 7.44. The third-order valence-electron chi connectivity index (χ3n) is 6.63. The molecular weight excluding hydrogens is 572 g/mol. The molecule has 1 aliphatic heterocycles. The van der Waals surface area contributed by atoms with E-state index < -0.39 is 12.0 Å². The van der Waals surface area contributed by atoms with Gasteiger partial charge >= 0.3 is 5.97 Å². The Morgan fingerprint density at radius 1 is 1.00 bits per heavy atom. The normalized spacial score (nSPS) is 14.2. The van der Waals surface area contributed by atoms with Crippen LogP contribution in [0.15, 0.2) is 89.2 Å². The second-order valence-corrected chi connectivity index (χ2v) is 11.1. The van der Waals surface area contributed by atoms with Gasteiger partial charge in [-0.2, -0.15) is 4.98 Å². The molecule has 0 spiro atoms. The summed E-state index contributed by atoms with van der Waals surface area (Å²) < 4.78 is 19.7. The van der Waals surface area contributed by atoms with E-state index in [0.717, 1.165) is 28.9 Å². The molecule has 0 saturated carbocycles. The molecule has 3 aromatic carbocycles. The number of ether oxygens (including phenoxy) is 3. The molecule has 1 aliphatic rings. The molecule has 0 saturated heterocycles. The van der Waals surface area contributed by atoms with Crippen molar-refractivity contribution >= 4 is 35.3 Å². The SMILES string of the molecule is CCCSc1nc2n(n1)C(c1ccc(OCc3ccccc3Cl)c(OCC)c1)C(C(=O)OCc1ccccc1)=C(C)N2. The first-order valence-corrected chi connectivity index (χ1v) is 15.3. The second-order valence-electron chi connectivity index (χ2n) is 9.66. The molecule has 0 amide bonds. The number of hydrogen-bond donors (Lipinski definition) is 1. The molecule has 0 aliphatic carbocycles. The van der Waals surface area contributed by atoms with E-state index in [9.17, 15) is 4.79 Å². The van der Waals surface area contributed by atoms with E-state index in [4.69, 9.17) is 35.9 Å². The van der Waals surface area contributed by atoms with E-state index in [1.54, 1.807) is 16.4 Å². The van der Waals surface area contributed by atoms with Gasteiger partial charge in [0.15, 0.2) is 11.5 Å². The minimum Gasteiger partial charge on any atom is -0.490 e. The number of aromatic nitrogens is 3. The highest BCUT2D eigenvalue weighted by Gasteiger charge is 2.36. The Hall–Kier alpha value is -3.95. The fourth-order valence-electron chi connectivity index (χ4n) is 4.61. The van der Waals surface area contributed by atoms with Crippen LogP contribution in [0.1, 0.15) is 49.9 Å². The van der Waals surface area contributed by atoms with E-state index in [1.807, 2.05) is 86.6 Å². The summed E-state index contributed by atoms with van der Waals surface area (Å²) >= 11 is 7.92. The predicted molar refractivity (Wildman–Crippen MR) is 165 cm³/mol. The maximum atomic E-state index is 13.7. The van der Waals surface area contributed by atoms with E-state index >= 15 is 0 Å². The first kappa shape index (κ1) is 29.5. The van der Waals surface area contributed by atoms with Gasteiger partial charge in [0, 0.05) is 22.0 Å². The molecule has 2 heterocycles. The third kappa shape index (κ3) is 6.74.